The summed E-state index contributed by atoms with van der Waals surface area (Å²) >= 11 is 0. The van der Waals surface area contributed by atoms with Crippen molar-refractivity contribution < 1.29 is 8.95 Å². The third kappa shape index (κ3) is 4.80. The molecule has 1 aliphatic heterocycles. The molecule has 2 unspecified atom stereocenters. The molecule has 1 aliphatic rings. The number of ether oxygens (including phenoxy) is 1. The van der Waals surface area contributed by atoms with E-state index in [4.69, 9.17) is 4.74 Å². The van der Waals surface area contributed by atoms with Crippen LogP contribution in [-0.2, 0) is 15.5 Å². The van der Waals surface area contributed by atoms with Gasteiger partial charge in [0.15, 0.2) is 0 Å². The van der Waals surface area contributed by atoms with Gasteiger partial charge in [-0.15, -0.1) is 0 Å². The first-order valence-electron chi connectivity index (χ1n) is 5.28. The van der Waals surface area contributed by atoms with Crippen molar-refractivity contribution in [2.45, 2.75) is 33.1 Å². The van der Waals surface area contributed by atoms with Gasteiger partial charge in [0.05, 0.1) is 12.9 Å². The normalized spacial score (nSPS) is 27.0. The van der Waals surface area contributed by atoms with Gasteiger partial charge >= 0.3 is 0 Å². The van der Waals surface area contributed by atoms with Gasteiger partial charge in [0.25, 0.3) is 0 Å². The Bertz CT molecular complexity index is 219. The highest BCUT2D eigenvalue weighted by Crippen LogP contribution is 2.19. The minimum absolute atomic E-state index is 0.555. The second kappa shape index (κ2) is 6.23. The first kappa shape index (κ1) is 11.8. The number of hydrogen-bond acceptors (Lipinski definition) is 2. The third-order valence-electron chi connectivity index (χ3n) is 2.37. The van der Waals surface area contributed by atoms with Crippen molar-refractivity contribution in [1.82, 2.24) is 0 Å². The second-order valence-corrected chi connectivity index (χ2v) is 5.79. The fourth-order valence-corrected chi connectivity index (χ4v) is 3.16. The molecule has 14 heavy (non-hydrogen) atoms. The summed E-state index contributed by atoms with van der Waals surface area (Å²) in [5.74, 6) is 2.42. The van der Waals surface area contributed by atoms with Gasteiger partial charge < -0.3 is 4.74 Å². The first-order valence-corrected chi connectivity index (χ1v) is 6.77. The molecular formula is C11H20O2S. The van der Waals surface area contributed by atoms with E-state index in [1.54, 1.807) is 6.26 Å². The Balaban J connectivity index is 2.12. The van der Waals surface area contributed by atoms with E-state index in [-0.39, 0.29) is 0 Å². The van der Waals surface area contributed by atoms with Crippen LogP contribution in [0.25, 0.3) is 0 Å². The number of rotatable bonds is 4. The van der Waals surface area contributed by atoms with Crippen LogP contribution in [0, 0.1) is 5.92 Å². The largest absolute Gasteiger partial charge is 0.501 e. The molecule has 0 spiro atoms. The molecule has 0 radical (unpaired) electrons. The van der Waals surface area contributed by atoms with E-state index in [9.17, 15) is 4.21 Å². The van der Waals surface area contributed by atoms with Crippen LogP contribution in [0.1, 0.15) is 33.1 Å². The van der Waals surface area contributed by atoms with E-state index in [1.165, 1.54) is 12.0 Å². The van der Waals surface area contributed by atoms with Crippen LogP contribution in [0.5, 0.6) is 0 Å². The average molecular weight is 216 g/mol. The fourth-order valence-electron chi connectivity index (χ4n) is 1.65. The Hall–Kier alpha value is -0.310. The van der Waals surface area contributed by atoms with Crippen molar-refractivity contribution in [1.29, 1.82) is 0 Å². The SMILES string of the molecule is CC(C)=COCCC1CCCS(=O)C1. The van der Waals surface area contributed by atoms with Crippen molar-refractivity contribution in [3.8, 4) is 0 Å². The standard InChI is InChI=1S/C11H20O2S/c1-10(2)8-13-6-5-11-4-3-7-14(12)9-11/h8,11H,3-7,9H2,1-2H3. The van der Waals surface area contributed by atoms with Gasteiger partial charge in [-0.3, -0.25) is 4.21 Å². The molecule has 0 saturated carbocycles. The predicted molar refractivity (Wildman–Crippen MR) is 60.6 cm³/mol. The van der Waals surface area contributed by atoms with E-state index in [2.05, 4.69) is 0 Å². The van der Waals surface area contributed by atoms with Gasteiger partial charge in [0.1, 0.15) is 0 Å². The Kier molecular flexibility index (Phi) is 5.23. The van der Waals surface area contributed by atoms with E-state index < -0.39 is 10.8 Å². The lowest BCUT2D eigenvalue weighted by Crippen LogP contribution is -2.21. The zero-order chi connectivity index (χ0) is 10.4. The van der Waals surface area contributed by atoms with Crippen LogP contribution in [0.15, 0.2) is 11.8 Å². The van der Waals surface area contributed by atoms with Crippen LogP contribution in [-0.4, -0.2) is 22.3 Å². The quantitative estimate of drug-likeness (QED) is 0.533. The smallest absolute Gasteiger partial charge is 0.0876 e. The van der Waals surface area contributed by atoms with Crippen LogP contribution >= 0.6 is 0 Å². The first-order chi connectivity index (χ1) is 6.68. The van der Waals surface area contributed by atoms with Crippen molar-refractivity contribution in [2.75, 3.05) is 18.1 Å². The molecule has 3 heteroatoms. The molecular weight excluding hydrogens is 196 g/mol. The molecule has 0 aliphatic carbocycles. The van der Waals surface area contributed by atoms with Gasteiger partial charge in [0.2, 0.25) is 0 Å². The third-order valence-corrected chi connectivity index (χ3v) is 3.96. The van der Waals surface area contributed by atoms with Gasteiger partial charge in [-0.25, -0.2) is 0 Å². The Morgan fingerprint density at radius 1 is 1.57 bits per heavy atom. The molecule has 0 bridgehead atoms. The Morgan fingerprint density at radius 3 is 3.00 bits per heavy atom. The minimum atomic E-state index is -0.555. The minimum Gasteiger partial charge on any atom is -0.501 e. The summed E-state index contributed by atoms with van der Waals surface area (Å²) in [5.41, 5.74) is 1.19. The molecule has 0 N–H and O–H groups in total. The second-order valence-electron chi connectivity index (χ2n) is 4.17. The topological polar surface area (TPSA) is 26.3 Å². The molecule has 0 aromatic rings. The van der Waals surface area contributed by atoms with Crippen molar-refractivity contribution in [3.63, 3.8) is 0 Å². The van der Waals surface area contributed by atoms with E-state index >= 15 is 0 Å². The molecule has 82 valence electrons. The van der Waals surface area contributed by atoms with Crippen molar-refractivity contribution >= 4 is 10.8 Å². The van der Waals surface area contributed by atoms with Crippen LogP contribution in [0.3, 0.4) is 0 Å². The number of allylic oxidation sites excluding steroid dienone is 1. The lowest BCUT2D eigenvalue weighted by atomic mass is 10.0. The van der Waals surface area contributed by atoms with Crippen molar-refractivity contribution in [2.24, 2.45) is 5.92 Å². The van der Waals surface area contributed by atoms with Crippen LogP contribution in [0.2, 0.25) is 0 Å². The zero-order valence-corrected chi connectivity index (χ0v) is 9.94. The molecule has 2 atom stereocenters. The lowest BCUT2D eigenvalue weighted by molar-refractivity contribution is 0.220. The molecule has 1 rings (SSSR count). The van der Waals surface area contributed by atoms with Gasteiger partial charge in [-0.2, -0.15) is 0 Å². The summed E-state index contributed by atoms with van der Waals surface area (Å²) in [5, 5.41) is 0. The molecule has 0 amide bonds. The Labute approximate surface area is 89.2 Å². The molecule has 2 nitrogen and oxygen atoms in total. The summed E-state index contributed by atoms with van der Waals surface area (Å²) in [4.78, 5) is 0. The maximum absolute atomic E-state index is 11.3. The zero-order valence-electron chi connectivity index (χ0n) is 9.12. The fraction of sp³-hybridized carbons (Fsp3) is 0.818. The summed E-state index contributed by atoms with van der Waals surface area (Å²) in [7, 11) is -0.555. The molecule has 1 fully saturated rings. The van der Waals surface area contributed by atoms with Gasteiger partial charge in [-0.1, -0.05) is 0 Å². The summed E-state index contributed by atoms with van der Waals surface area (Å²) in [6, 6.07) is 0. The van der Waals surface area contributed by atoms with E-state index in [0.717, 1.165) is 31.0 Å². The molecule has 1 saturated heterocycles. The van der Waals surface area contributed by atoms with E-state index in [1.807, 2.05) is 13.8 Å². The maximum Gasteiger partial charge on any atom is 0.0876 e. The van der Waals surface area contributed by atoms with Crippen LogP contribution in [0.4, 0.5) is 0 Å². The van der Waals surface area contributed by atoms with Gasteiger partial charge in [0, 0.05) is 22.3 Å². The number of hydrogen-bond donors (Lipinski definition) is 0. The predicted octanol–water partition coefficient (Wildman–Crippen LogP) is 2.48. The molecule has 0 aromatic heterocycles. The highest BCUT2D eigenvalue weighted by atomic mass is 32.2. The maximum atomic E-state index is 11.3. The highest BCUT2D eigenvalue weighted by Gasteiger charge is 2.17. The summed E-state index contributed by atoms with van der Waals surface area (Å²) in [6.45, 7) is 4.82. The van der Waals surface area contributed by atoms with Crippen molar-refractivity contribution in [3.05, 3.63) is 11.8 Å². The average Bonchev–Trinajstić information content (AvgIpc) is 2.12. The monoisotopic (exact) mass is 216 g/mol. The van der Waals surface area contributed by atoms with Gasteiger partial charge in [-0.05, 0) is 44.6 Å². The van der Waals surface area contributed by atoms with Crippen LogP contribution < -0.4 is 0 Å². The van der Waals surface area contributed by atoms with E-state index in [0.29, 0.717) is 5.92 Å². The molecule has 0 aromatic carbocycles. The Morgan fingerprint density at radius 2 is 2.36 bits per heavy atom. The lowest BCUT2D eigenvalue weighted by Gasteiger charge is -2.20. The highest BCUT2D eigenvalue weighted by molar-refractivity contribution is 7.85. The summed E-state index contributed by atoms with van der Waals surface area (Å²) < 4.78 is 16.6. The summed E-state index contributed by atoms with van der Waals surface area (Å²) in [6.07, 6.45) is 5.21. The molecule has 1 heterocycles.